The van der Waals surface area contributed by atoms with E-state index in [0.29, 0.717) is 6.04 Å². The van der Waals surface area contributed by atoms with Gasteiger partial charge < -0.3 is 4.90 Å². The Hall–Kier alpha value is -1.31. The summed E-state index contributed by atoms with van der Waals surface area (Å²) in [6.45, 7) is 2.03. The number of para-hydroxylation sites is 1. The molecule has 0 radical (unpaired) electrons. The summed E-state index contributed by atoms with van der Waals surface area (Å²) in [5.74, 6) is 0. The first kappa shape index (κ1) is 7.13. The van der Waals surface area contributed by atoms with Gasteiger partial charge in [0.1, 0.15) is 0 Å². The van der Waals surface area contributed by atoms with Gasteiger partial charge in [-0.3, -0.25) is 4.99 Å². The van der Waals surface area contributed by atoms with Crippen LogP contribution in [0, 0.1) is 0 Å². The number of hydrogen-bond acceptors (Lipinski definition) is 2. The van der Waals surface area contributed by atoms with E-state index >= 15 is 0 Å². The van der Waals surface area contributed by atoms with Crippen molar-refractivity contribution in [2.75, 3.05) is 18.0 Å². The second-order valence-corrected chi connectivity index (χ2v) is 3.65. The zero-order valence-corrected chi connectivity index (χ0v) is 7.48. The molecular formula is C11H12N2. The normalized spacial score (nSPS) is 24.3. The molecule has 0 bridgehead atoms. The van der Waals surface area contributed by atoms with E-state index in [1.807, 2.05) is 0 Å². The van der Waals surface area contributed by atoms with Gasteiger partial charge in [0.25, 0.3) is 0 Å². The Kier molecular flexibility index (Phi) is 1.42. The van der Waals surface area contributed by atoms with Crippen LogP contribution in [0.3, 0.4) is 0 Å². The third-order valence-corrected chi connectivity index (χ3v) is 2.88. The van der Waals surface area contributed by atoms with Crippen LogP contribution in [0.2, 0.25) is 0 Å². The van der Waals surface area contributed by atoms with Crippen molar-refractivity contribution in [1.82, 2.24) is 0 Å². The second kappa shape index (κ2) is 2.59. The minimum absolute atomic E-state index is 0.533. The number of nitrogens with zero attached hydrogens (tertiary/aromatic N) is 2. The van der Waals surface area contributed by atoms with Crippen LogP contribution in [0.25, 0.3) is 0 Å². The number of benzene rings is 1. The molecule has 0 amide bonds. The standard InChI is InChI=1S/C11H12N2/c1-2-4-11-9(3-1)7-10-8-12-5-6-13(10)11/h1-4,8,10H,5-7H2. The molecule has 0 aliphatic carbocycles. The summed E-state index contributed by atoms with van der Waals surface area (Å²) < 4.78 is 0. The lowest BCUT2D eigenvalue weighted by Gasteiger charge is -2.27. The summed E-state index contributed by atoms with van der Waals surface area (Å²) in [7, 11) is 0. The van der Waals surface area contributed by atoms with Gasteiger partial charge in [-0.05, 0) is 18.1 Å². The lowest BCUT2D eigenvalue weighted by atomic mass is 10.1. The third kappa shape index (κ3) is 0.981. The van der Waals surface area contributed by atoms with Gasteiger partial charge in [0.2, 0.25) is 0 Å². The quantitative estimate of drug-likeness (QED) is 0.579. The van der Waals surface area contributed by atoms with Crippen molar-refractivity contribution in [2.24, 2.45) is 4.99 Å². The maximum atomic E-state index is 4.34. The van der Waals surface area contributed by atoms with Crippen molar-refractivity contribution in [3.05, 3.63) is 29.8 Å². The molecule has 1 unspecified atom stereocenters. The van der Waals surface area contributed by atoms with Gasteiger partial charge in [-0.2, -0.15) is 0 Å². The number of aliphatic imine (C=N–C) groups is 1. The first-order chi connectivity index (χ1) is 6.45. The molecule has 3 rings (SSSR count). The minimum atomic E-state index is 0.533. The zero-order chi connectivity index (χ0) is 8.67. The van der Waals surface area contributed by atoms with Crippen molar-refractivity contribution in [2.45, 2.75) is 12.5 Å². The molecule has 2 aliphatic heterocycles. The Morgan fingerprint density at radius 1 is 1.31 bits per heavy atom. The van der Waals surface area contributed by atoms with Crippen LogP contribution in [0.5, 0.6) is 0 Å². The Bertz CT molecular complexity index is 357. The zero-order valence-electron chi connectivity index (χ0n) is 7.48. The van der Waals surface area contributed by atoms with Gasteiger partial charge in [0.15, 0.2) is 0 Å². The number of hydrogen-bond donors (Lipinski definition) is 0. The maximum absolute atomic E-state index is 4.34. The Morgan fingerprint density at radius 3 is 3.23 bits per heavy atom. The van der Waals surface area contributed by atoms with E-state index in [-0.39, 0.29) is 0 Å². The lowest BCUT2D eigenvalue weighted by Crippen LogP contribution is -2.38. The maximum Gasteiger partial charge on any atom is 0.0682 e. The van der Waals surface area contributed by atoms with Crippen LogP contribution in [0.15, 0.2) is 29.3 Å². The summed E-state index contributed by atoms with van der Waals surface area (Å²) in [6.07, 6.45) is 3.24. The first-order valence-electron chi connectivity index (χ1n) is 4.79. The number of rotatable bonds is 0. The first-order valence-corrected chi connectivity index (χ1v) is 4.79. The Balaban J connectivity index is 2.07. The average Bonchev–Trinajstić information content (AvgIpc) is 2.56. The van der Waals surface area contributed by atoms with Gasteiger partial charge in [-0.1, -0.05) is 18.2 Å². The fraction of sp³-hybridized carbons (Fsp3) is 0.364. The monoisotopic (exact) mass is 172 g/mol. The summed E-state index contributed by atoms with van der Waals surface area (Å²) in [4.78, 5) is 6.80. The number of anilines is 1. The highest BCUT2D eigenvalue weighted by Crippen LogP contribution is 2.31. The van der Waals surface area contributed by atoms with E-state index in [0.717, 1.165) is 19.5 Å². The summed E-state index contributed by atoms with van der Waals surface area (Å²) >= 11 is 0. The lowest BCUT2D eigenvalue weighted by molar-refractivity contribution is 0.730. The van der Waals surface area contributed by atoms with Gasteiger partial charge in [0, 0.05) is 18.4 Å². The highest BCUT2D eigenvalue weighted by Gasteiger charge is 2.28. The predicted molar refractivity (Wildman–Crippen MR) is 54.6 cm³/mol. The van der Waals surface area contributed by atoms with Crippen LogP contribution in [0.4, 0.5) is 5.69 Å². The molecule has 0 spiro atoms. The molecule has 0 saturated heterocycles. The highest BCUT2D eigenvalue weighted by atomic mass is 15.2. The Morgan fingerprint density at radius 2 is 2.23 bits per heavy atom. The molecule has 0 fully saturated rings. The molecule has 0 N–H and O–H groups in total. The van der Waals surface area contributed by atoms with Crippen LogP contribution < -0.4 is 4.90 Å². The summed E-state index contributed by atoms with van der Waals surface area (Å²) in [5.41, 5.74) is 2.89. The van der Waals surface area contributed by atoms with Crippen molar-refractivity contribution in [3.63, 3.8) is 0 Å². The highest BCUT2D eigenvalue weighted by molar-refractivity contribution is 5.77. The van der Waals surface area contributed by atoms with Crippen LogP contribution in [0.1, 0.15) is 5.56 Å². The molecule has 0 aromatic heterocycles. The van der Waals surface area contributed by atoms with Crippen LogP contribution >= 0.6 is 0 Å². The largest absolute Gasteiger partial charge is 0.361 e. The molecule has 13 heavy (non-hydrogen) atoms. The Labute approximate surface area is 77.9 Å². The van der Waals surface area contributed by atoms with E-state index in [9.17, 15) is 0 Å². The molecule has 2 heteroatoms. The molecule has 1 atom stereocenters. The summed E-state index contributed by atoms with van der Waals surface area (Å²) in [6, 6.07) is 9.21. The van der Waals surface area contributed by atoms with E-state index < -0.39 is 0 Å². The fourth-order valence-corrected chi connectivity index (χ4v) is 2.26. The molecule has 0 saturated carbocycles. The van der Waals surface area contributed by atoms with E-state index in [2.05, 4.69) is 40.4 Å². The predicted octanol–water partition coefficient (Wildman–Crippen LogP) is 1.50. The van der Waals surface area contributed by atoms with Crippen LogP contribution in [-0.2, 0) is 6.42 Å². The van der Waals surface area contributed by atoms with Crippen molar-refractivity contribution >= 4 is 11.9 Å². The van der Waals surface area contributed by atoms with E-state index in [4.69, 9.17) is 0 Å². The van der Waals surface area contributed by atoms with Crippen molar-refractivity contribution in [1.29, 1.82) is 0 Å². The molecule has 66 valence electrons. The average molecular weight is 172 g/mol. The SMILES string of the molecule is C1=NCCN2c3ccccc3CC12. The summed E-state index contributed by atoms with van der Waals surface area (Å²) in [5, 5.41) is 0. The van der Waals surface area contributed by atoms with Crippen molar-refractivity contribution in [3.8, 4) is 0 Å². The smallest absolute Gasteiger partial charge is 0.0682 e. The fourth-order valence-electron chi connectivity index (χ4n) is 2.26. The molecule has 2 nitrogen and oxygen atoms in total. The molecule has 2 heterocycles. The number of fused-ring (bicyclic) bond motifs is 3. The van der Waals surface area contributed by atoms with Gasteiger partial charge >= 0.3 is 0 Å². The second-order valence-electron chi connectivity index (χ2n) is 3.65. The molecular weight excluding hydrogens is 160 g/mol. The van der Waals surface area contributed by atoms with Gasteiger partial charge in [0.05, 0.1) is 12.6 Å². The van der Waals surface area contributed by atoms with Gasteiger partial charge in [-0.25, -0.2) is 0 Å². The van der Waals surface area contributed by atoms with Crippen molar-refractivity contribution < 1.29 is 0 Å². The topological polar surface area (TPSA) is 15.6 Å². The third-order valence-electron chi connectivity index (χ3n) is 2.88. The van der Waals surface area contributed by atoms with Gasteiger partial charge in [-0.15, -0.1) is 0 Å². The van der Waals surface area contributed by atoms with E-state index in [1.165, 1.54) is 11.3 Å². The molecule has 1 aromatic carbocycles. The molecule has 2 aliphatic rings. The minimum Gasteiger partial charge on any atom is -0.361 e. The van der Waals surface area contributed by atoms with Crippen LogP contribution in [-0.4, -0.2) is 25.3 Å². The van der Waals surface area contributed by atoms with E-state index in [1.54, 1.807) is 0 Å². The molecule has 1 aromatic rings.